The monoisotopic (exact) mass is 344 g/mol. The van der Waals surface area contributed by atoms with E-state index in [0.717, 1.165) is 54.1 Å². The highest BCUT2D eigenvalue weighted by Crippen LogP contribution is 2.33. The van der Waals surface area contributed by atoms with Crippen LogP contribution in [0.1, 0.15) is 24.8 Å². The van der Waals surface area contributed by atoms with Crippen LogP contribution in [-0.4, -0.2) is 47.6 Å². The maximum atomic E-state index is 9.67. The summed E-state index contributed by atoms with van der Waals surface area (Å²) in [7, 11) is 1.63. The van der Waals surface area contributed by atoms with Gasteiger partial charge in [-0.1, -0.05) is 25.3 Å². The van der Waals surface area contributed by atoms with Gasteiger partial charge in [-0.3, -0.25) is 0 Å². The molecule has 1 fully saturated rings. The summed E-state index contributed by atoms with van der Waals surface area (Å²) < 4.78 is 5.38. The van der Waals surface area contributed by atoms with Gasteiger partial charge < -0.3 is 25.2 Å². The van der Waals surface area contributed by atoms with Gasteiger partial charge in [0.25, 0.3) is 0 Å². The highest BCUT2D eigenvalue weighted by molar-refractivity contribution is 5.79. The van der Waals surface area contributed by atoms with Crippen molar-refractivity contribution in [3.8, 4) is 5.75 Å². The lowest BCUT2D eigenvalue weighted by Gasteiger charge is -2.40. The van der Waals surface area contributed by atoms with Crippen molar-refractivity contribution in [2.45, 2.75) is 31.6 Å². The molecule has 0 aromatic heterocycles. The summed E-state index contributed by atoms with van der Waals surface area (Å²) in [6.07, 6.45) is 3.12. The quantitative estimate of drug-likeness (QED) is 0.384. The summed E-state index contributed by atoms with van der Waals surface area (Å²) in [5, 5.41) is 22.6. The fraction of sp³-hybridized carbons (Fsp3) is 0.400. The number of piperidine rings is 1. The number of hydrogen-bond acceptors (Lipinski definition) is 5. The van der Waals surface area contributed by atoms with Crippen molar-refractivity contribution in [1.82, 2.24) is 4.90 Å². The van der Waals surface area contributed by atoms with Crippen molar-refractivity contribution in [1.29, 1.82) is 0 Å². The molecule has 1 aromatic carbocycles. The first-order valence-corrected chi connectivity index (χ1v) is 8.53. The molecule has 0 aliphatic carbocycles. The summed E-state index contributed by atoms with van der Waals surface area (Å²) in [6.45, 7) is 13.4. The molecule has 136 valence electrons. The smallest absolute Gasteiger partial charge is 0.172 e. The van der Waals surface area contributed by atoms with Crippen molar-refractivity contribution >= 4 is 11.3 Å². The minimum atomic E-state index is -1.38. The summed E-state index contributed by atoms with van der Waals surface area (Å²) in [5.41, 5.74) is 3.25. The Hall–Kier alpha value is -2.24. The Balaban J connectivity index is 2.23. The van der Waals surface area contributed by atoms with Gasteiger partial charge >= 0.3 is 0 Å². The molecule has 0 radical (unpaired) electrons. The Bertz CT molecular complexity index is 640. The Morgan fingerprint density at radius 2 is 2.16 bits per heavy atom. The van der Waals surface area contributed by atoms with E-state index in [-0.39, 0.29) is 6.04 Å². The van der Waals surface area contributed by atoms with E-state index in [9.17, 15) is 10.2 Å². The number of likely N-dealkylation sites (tertiary alicyclic amines) is 1. The summed E-state index contributed by atoms with van der Waals surface area (Å²) >= 11 is 0. The molecule has 25 heavy (non-hydrogen) atoms. The van der Waals surface area contributed by atoms with Crippen LogP contribution in [0.3, 0.4) is 0 Å². The molecule has 1 aliphatic rings. The van der Waals surface area contributed by atoms with Crippen LogP contribution in [0.25, 0.3) is 5.57 Å². The molecule has 1 atom stereocenters. The lowest BCUT2D eigenvalue weighted by Crippen LogP contribution is -2.46. The maximum absolute atomic E-state index is 9.67. The number of rotatable bonds is 8. The zero-order chi connectivity index (χ0) is 18.4. The molecule has 1 saturated heterocycles. The Labute approximate surface area is 149 Å². The number of nitrogens with zero attached hydrogens (tertiary/aromatic N) is 1. The lowest BCUT2D eigenvalue weighted by molar-refractivity contribution is -0.101. The van der Waals surface area contributed by atoms with E-state index in [2.05, 4.69) is 25.1 Å². The molecule has 2 rings (SSSR count). The van der Waals surface area contributed by atoms with Crippen LogP contribution in [0.15, 0.2) is 49.7 Å². The van der Waals surface area contributed by atoms with E-state index < -0.39 is 6.29 Å². The lowest BCUT2D eigenvalue weighted by atomic mass is 9.97. The third kappa shape index (κ3) is 4.44. The first kappa shape index (κ1) is 19.1. The number of aliphatic hydroxyl groups is 2. The second kappa shape index (κ2) is 8.74. The first-order chi connectivity index (χ1) is 12.0. The molecule has 1 aromatic rings. The molecule has 3 N–H and O–H groups in total. The summed E-state index contributed by atoms with van der Waals surface area (Å²) in [6, 6.07) is 5.44. The second-order valence-electron chi connectivity index (χ2n) is 6.18. The normalized spacial score (nSPS) is 17.3. The largest absolute Gasteiger partial charge is 0.495 e. The van der Waals surface area contributed by atoms with Crippen molar-refractivity contribution in [2.24, 2.45) is 0 Å². The maximum Gasteiger partial charge on any atom is 0.172 e. The third-order valence-electron chi connectivity index (χ3n) is 4.57. The van der Waals surface area contributed by atoms with E-state index in [4.69, 9.17) is 4.74 Å². The number of aliphatic hydroxyl groups excluding tert-OH is 1. The van der Waals surface area contributed by atoms with Crippen LogP contribution in [0, 0.1) is 0 Å². The molecule has 0 saturated carbocycles. The molecule has 0 bridgehead atoms. The van der Waals surface area contributed by atoms with Crippen LogP contribution in [0.4, 0.5) is 5.69 Å². The Kier molecular flexibility index (Phi) is 6.67. The first-order valence-electron chi connectivity index (χ1n) is 8.53. The van der Waals surface area contributed by atoms with Gasteiger partial charge in [0, 0.05) is 18.8 Å². The molecular weight excluding hydrogens is 316 g/mol. The van der Waals surface area contributed by atoms with Crippen LogP contribution < -0.4 is 10.1 Å². The predicted molar refractivity (Wildman–Crippen MR) is 102 cm³/mol. The van der Waals surface area contributed by atoms with Crippen molar-refractivity contribution in [3.05, 3.63) is 55.3 Å². The topological polar surface area (TPSA) is 65.0 Å². The second-order valence-corrected chi connectivity index (χ2v) is 6.18. The van der Waals surface area contributed by atoms with E-state index in [0.29, 0.717) is 6.54 Å². The van der Waals surface area contributed by atoms with Gasteiger partial charge in [-0.25, -0.2) is 0 Å². The van der Waals surface area contributed by atoms with Crippen LogP contribution in [-0.2, 0) is 0 Å². The van der Waals surface area contributed by atoms with Crippen molar-refractivity contribution < 1.29 is 14.9 Å². The van der Waals surface area contributed by atoms with Gasteiger partial charge in [0.2, 0.25) is 0 Å². The van der Waals surface area contributed by atoms with E-state index >= 15 is 0 Å². The van der Waals surface area contributed by atoms with Crippen LogP contribution in [0.2, 0.25) is 0 Å². The number of methoxy groups -OCH3 is 1. The number of ether oxygens (including phenoxy) is 1. The fourth-order valence-corrected chi connectivity index (χ4v) is 3.16. The number of benzene rings is 1. The standard InChI is InChI=1S/C20H28N2O3/c1-5-11-21-17-13-16(9-10-19(17)25-4)14(2)15(3)22-12-7-6-8-18(22)20(23)24/h5,9-10,13,18,20-21,23-24H,1-3,6-8,11-12H2,4H3. The number of hydrogen-bond donors (Lipinski definition) is 3. The molecule has 0 spiro atoms. The minimum Gasteiger partial charge on any atom is -0.495 e. The SMILES string of the molecule is C=CCNc1cc(C(=C)C(=C)N2CCCCC2C(O)O)ccc1OC. The Morgan fingerprint density at radius 3 is 2.80 bits per heavy atom. The molecule has 1 unspecified atom stereocenters. The van der Waals surface area contributed by atoms with Crippen LogP contribution in [0.5, 0.6) is 5.75 Å². The number of allylic oxidation sites excluding steroid dienone is 1. The van der Waals surface area contributed by atoms with Gasteiger partial charge in [0.05, 0.1) is 18.8 Å². The zero-order valence-electron chi connectivity index (χ0n) is 14.9. The van der Waals surface area contributed by atoms with E-state index in [1.165, 1.54) is 0 Å². The average Bonchev–Trinajstić information content (AvgIpc) is 2.64. The highest BCUT2D eigenvalue weighted by Gasteiger charge is 2.29. The van der Waals surface area contributed by atoms with Gasteiger partial charge in [-0.2, -0.15) is 0 Å². The van der Waals surface area contributed by atoms with Gasteiger partial charge in [-0.05, 0) is 42.5 Å². The van der Waals surface area contributed by atoms with Gasteiger partial charge in [-0.15, -0.1) is 6.58 Å². The average molecular weight is 344 g/mol. The zero-order valence-corrected chi connectivity index (χ0v) is 14.9. The third-order valence-corrected chi connectivity index (χ3v) is 4.57. The molecule has 0 amide bonds. The van der Waals surface area contributed by atoms with Crippen molar-refractivity contribution in [3.63, 3.8) is 0 Å². The van der Waals surface area contributed by atoms with E-state index in [1.807, 2.05) is 23.1 Å². The molecule has 1 aliphatic heterocycles. The minimum absolute atomic E-state index is 0.338. The van der Waals surface area contributed by atoms with Crippen molar-refractivity contribution in [2.75, 3.05) is 25.5 Å². The Morgan fingerprint density at radius 1 is 1.40 bits per heavy atom. The summed E-state index contributed by atoms with van der Waals surface area (Å²) in [5.74, 6) is 0.741. The van der Waals surface area contributed by atoms with Gasteiger partial charge in [0.1, 0.15) is 5.75 Å². The molecular formula is C20H28N2O3. The predicted octanol–water partition coefficient (Wildman–Crippen LogP) is 2.99. The van der Waals surface area contributed by atoms with Crippen LogP contribution >= 0.6 is 0 Å². The molecule has 5 nitrogen and oxygen atoms in total. The number of nitrogens with one attached hydrogen (secondary N) is 1. The van der Waals surface area contributed by atoms with Gasteiger partial charge in [0.15, 0.2) is 6.29 Å². The molecule has 5 heteroatoms. The molecule has 1 heterocycles. The number of anilines is 1. The summed E-state index contributed by atoms with van der Waals surface area (Å²) in [4.78, 5) is 1.96. The fourth-order valence-electron chi connectivity index (χ4n) is 3.16. The van der Waals surface area contributed by atoms with E-state index in [1.54, 1.807) is 13.2 Å². The highest BCUT2D eigenvalue weighted by atomic mass is 16.5.